The van der Waals surface area contributed by atoms with Crippen molar-refractivity contribution in [1.82, 2.24) is 14.8 Å². The molecule has 1 aliphatic rings. The molecule has 9 nitrogen and oxygen atoms in total. The quantitative estimate of drug-likeness (QED) is 0.369. The third kappa shape index (κ3) is 5.44. The van der Waals surface area contributed by atoms with Gasteiger partial charge >= 0.3 is 5.97 Å². The monoisotopic (exact) mass is 539 g/mol. The molecule has 1 atom stereocenters. The highest BCUT2D eigenvalue weighted by atomic mass is 79.9. The average Bonchev–Trinajstić information content (AvgIpc) is 3.25. The number of benzene rings is 2. The Morgan fingerprint density at radius 1 is 1.17 bits per heavy atom. The first kappa shape index (κ1) is 24.6. The second-order valence-electron chi connectivity index (χ2n) is 7.99. The fourth-order valence-electron chi connectivity index (χ4n) is 3.89. The average molecular weight is 540 g/mol. The standard InChI is InChI=1S/C25H26BrN5O4/c1-3-35-24(34)17-8-12-19(13-9-17)28-23(33)21-15(2)27-25-29-20(5-4-14-32)30-31(25)22(21)16-6-10-18(26)11-7-16/h6-13,22,32H,3-5,14H2,1-2H3,(H,28,33)(H,27,29,30). The van der Waals surface area contributed by atoms with Crippen LogP contribution in [0.2, 0.25) is 0 Å². The molecule has 35 heavy (non-hydrogen) atoms. The number of halogens is 1. The van der Waals surface area contributed by atoms with Crippen LogP contribution >= 0.6 is 15.9 Å². The van der Waals surface area contributed by atoms with Gasteiger partial charge in [-0.25, -0.2) is 9.48 Å². The minimum atomic E-state index is -0.506. The minimum Gasteiger partial charge on any atom is -0.462 e. The first-order valence-electron chi connectivity index (χ1n) is 11.3. The van der Waals surface area contributed by atoms with Crippen LogP contribution in [-0.2, 0) is 16.0 Å². The smallest absolute Gasteiger partial charge is 0.338 e. The molecular weight excluding hydrogens is 514 g/mol. The number of amides is 1. The van der Waals surface area contributed by atoms with Crippen molar-refractivity contribution in [2.75, 3.05) is 23.8 Å². The number of carbonyl (C=O) groups is 2. The number of anilines is 2. The zero-order chi connectivity index (χ0) is 24.9. The predicted molar refractivity (Wildman–Crippen MR) is 135 cm³/mol. The highest BCUT2D eigenvalue weighted by molar-refractivity contribution is 9.10. The molecule has 0 aliphatic carbocycles. The highest BCUT2D eigenvalue weighted by Gasteiger charge is 2.34. The lowest BCUT2D eigenvalue weighted by Crippen LogP contribution is -2.31. The summed E-state index contributed by atoms with van der Waals surface area (Å²) < 4.78 is 7.65. The van der Waals surface area contributed by atoms with Gasteiger partial charge in [0.05, 0.1) is 17.7 Å². The van der Waals surface area contributed by atoms with Gasteiger partial charge in [-0.1, -0.05) is 28.1 Å². The van der Waals surface area contributed by atoms with Gasteiger partial charge in [0.2, 0.25) is 5.95 Å². The van der Waals surface area contributed by atoms with E-state index in [9.17, 15) is 14.7 Å². The van der Waals surface area contributed by atoms with E-state index in [1.54, 1.807) is 35.9 Å². The number of aromatic nitrogens is 3. The van der Waals surface area contributed by atoms with Crippen molar-refractivity contribution >= 4 is 39.4 Å². The molecule has 4 rings (SSSR count). The summed E-state index contributed by atoms with van der Waals surface area (Å²) in [7, 11) is 0. The minimum absolute atomic E-state index is 0.0489. The molecule has 10 heteroatoms. The topological polar surface area (TPSA) is 118 Å². The summed E-state index contributed by atoms with van der Waals surface area (Å²) in [6, 6.07) is 13.8. The van der Waals surface area contributed by atoms with Crippen LogP contribution in [0.5, 0.6) is 0 Å². The number of carbonyl (C=O) groups excluding carboxylic acids is 2. The maximum Gasteiger partial charge on any atom is 0.338 e. The lowest BCUT2D eigenvalue weighted by molar-refractivity contribution is -0.113. The molecular formula is C25H26BrN5O4. The number of rotatable bonds is 8. The van der Waals surface area contributed by atoms with Gasteiger partial charge in [-0.15, -0.1) is 0 Å². The Bertz CT molecular complexity index is 1250. The lowest BCUT2D eigenvalue weighted by atomic mass is 9.95. The Morgan fingerprint density at radius 3 is 2.54 bits per heavy atom. The van der Waals surface area contributed by atoms with Crippen LogP contribution in [-0.4, -0.2) is 45.0 Å². The largest absolute Gasteiger partial charge is 0.462 e. The van der Waals surface area contributed by atoms with E-state index in [-0.39, 0.29) is 12.5 Å². The molecule has 1 aliphatic heterocycles. The number of aryl methyl sites for hydroxylation is 1. The number of aliphatic hydroxyl groups excluding tert-OH is 1. The summed E-state index contributed by atoms with van der Waals surface area (Å²) >= 11 is 3.46. The second kappa shape index (κ2) is 10.8. The molecule has 3 aromatic rings. The maximum absolute atomic E-state index is 13.5. The Hall–Kier alpha value is -3.50. The zero-order valence-electron chi connectivity index (χ0n) is 19.4. The third-order valence-corrected chi connectivity index (χ3v) is 6.07. The van der Waals surface area contributed by atoms with Gasteiger partial charge in [0.1, 0.15) is 6.04 Å². The number of hydrogen-bond donors (Lipinski definition) is 3. The molecule has 2 heterocycles. The van der Waals surface area contributed by atoms with Gasteiger partial charge in [-0.05, 0) is 62.2 Å². The fraction of sp³-hybridized carbons (Fsp3) is 0.280. The number of hydrogen-bond acceptors (Lipinski definition) is 7. The van der Waals surface area contributed by atoms with Crippen molar-refractivity contribution in [2.45, 2.75) is 32.7 Å². The predicted octanol–water partition coefficient (Wildman–Crippen LogP) is 4.07. The first-order chi connectivity index (χ1) is 16.9. The highest BCUT2D eigenvalue weighted by Crippen LogP contribution is 2.36. The molecule has 0 saturated heterocycles. The Morgan fingerprint density at radius 2 is 1.89 bits per heavy atom. The third-order valence-electron chi connectivity index (χ3n) is 5.54. The van der Waals surface area contributed by atoms with Gasteiger partial charge in [0.25, 0.3) is 5.91 Å². The number of nitrogens with one attached hydrogen (secondary N) is 2. The van der Waals surface area contributed by atoms with Crippen LogP contribution in [0.25, 0.3) is 0 Å². The SMILES string of the molecule is CCOC(=O)c1ccc(NC(=O)C2=C(C)Nc3nc(CCCO)nn3C2c2ccc(Br)cc2)cc1. The molecule has 0 radical (unpaired) electrons. The van der Waals surface area contributed by atoms with Gasteiger partial charge in [-0.2, -0.15) is 10.1 Å². The summed E-state index contributed by atoms with van der Waals surface area (Å²) in [5, 5.41) is 20.0. The van der Waals surface area contributed by atoms with E-state index in [1.807, 2.05) is 31.2 Å². The van der Waals surface area contributed by atoms with Crippen LogP contribution in [0.3, 0.4) is 0 Å². The van der Waals surface area contributed by atoms with Crippen LogP contribution in [0.15, 0.2) is 64.3 Å². The lowest BCUT2D eigenvalue weighted by Gasteiger charge is -2.28. The molecule has 1 amide bonds. The fourth-order valence-corrected chi connectivity index (χ4v) is 4.15. The molecule has 0 spiro atoms. The maximum atomic E-state index is 13.5. The van der Waals surface area contributed by atoms with Crippen LogP contribution < -0.4 is 10.6 Å². The Labute approximate surface area is 211 Å². The number of esters is 1. The van der Waals surface area contributed by atoms with Crippen molar-refractivity contribution < 1.29 is 19.4 Å². The van der Waals surface area contributed by atoms with Crippen molar-refractivity contribution in [1.29, 1.82) is 0 Å². The van der Waals surface area contributed by atoms with E-state index in [1.165, 1.54) is 0 Å². The van der Waals surface area contributed by atoms with Gasteiger partial charge in [0.15, 0.2) is 5.82 Å². The van der Waals surface area contributed by atoms with Crippen molar-refractivity contribution in [3.63, 3.8) is 0 Å². The van der Waals surface area contributed by atoms with E-state index >= 15 is 0 Å². The zero-order valence-corrected chi connectivity index (χ0v) is 21.0. The van der Waals surface area contributed by atoms with Crippen molar-refractivity contribution in [3.8, 4) is 0 Å². The number of fused-ring (bicyclic) bond motifs is 1. The molecule has 0 bridgehead atoms. The molecule has 1 unspecified atom stereocenters. The van der Waals surface area contributed by atoms with Crippen molar-refractivity contribution in [3.05, 3.63) is 81.2 Å². The molecule has 0 fully saturated rings. The van der Waals surface area contributed by atoms with E-state index in [4.69, 9.17) is 4.74 Å². The van der Waals surface area contributed by atoms with Gasteiger partial charge in [-0.3, -0.25) is 4.79 Å². The van der Waals surface area contributed by atoms with Crippen LogP contribution in [0.1, 0.15) is 48.1 Å². The van der Waals surface area contributed by atoms with Gasteiger partial charge in [0, 0.05) is 28.9 Å². The van der Waals surface area contributed by atoms with Gasteiger partial charge < -0.3 is 20.5 Å². The number of allylic oxidation sites excluding steroid dienone is 1. The Balaban J connectivity index is 1.66. The van der Waals surface area contributed by atoms with E-state index in [0.29, 0.717) is 53.7 Å². The summed E-state index contributed by atoms with van der Waals surface area (Å²) in [4.78, 5) is 30.0. The second-order valence-corrected chi connectivity index (χ2v) is 8.91. The van der Waals surface area contributed by atoms with Crippen LogP contribution in [0.4, 0.5) is 11.6 Å². The number of nitrogens with zero attached hydrogens (tertiary/aromatic N) is 3. The number of aliphatic hydroxyl groups is 1. The summed E-state index contributed by atoms with van der Waals surface area (Å²) in [5.74, 6) is 0.419. The molecule has 182 valence electrons. The van der Waals surface area contributed by atoms with E-state index in [0.717, 1.165) is 10.0 Å². The van der Waals surface area contributed by atoms with E-state index in [2.05, 4.69) is 36.6 Å². The first-order valence-corrected chi connectivity index (χ1v) is 12.1. The van der Waals surface area contributed by atoms with Crippen LogP contribution in [0, 0.1) is 0 Å². The summed E-state index contributed by atoms with van der Waals surface area (Å²) in [6.45, 7) is 3.92. The summed E-state index contributed by atoms with van der Waals surface area (Å²) in [6.07, 6.45) is 1.08. The molecule has 0 saturated carbocycles. The molecule has 3 N–H and O–H groups in total. The molecule has 2 aromatic carbocycles. The molecule has 1 aromatic heterocycles. The summed E-state index contributed by atoms with van der Waals surface area (Å²) in [5.41, 5.74) is 2.98. The van der Waals surface area contributed by atoms with E-state index < -0.39 is 12.0 Å². The number of ether oxygens (including phenoxy) is 1. The Kier molecular flexibility index (Phi) is 7.62. The normalized spacial score (nSPS) is 14.8. The van der Waals surface area contributed by atoms with Crippen molar-refractivity contribution in [2.24, 2.45) is 0 Å².